The minimum absolute atomic E-state index is 0.227. The van der Waals surface area contributed by atoms with Crippen LogP contribution >= 0.6 is 0 Å². The van der Waals surface area contributed by atoms with Gasteiger partial charge >= 0.3 is 6.09 Å². The molecule has 0 saturated heterocycles. The van der Waals surface area contributed by atoms with E-state index >= 15 is 0 Å². The van der Waals surface area contributed by atoms with Gasteiger partial charge in [-0.3, -0.25) is 14.5 Å². The fraction of sp³-hybridized carbons (Fsp3) is 0.615. The number of amides is 3. The van der Waals surface area contributed by atoms with Gasteiger partial charge in [-0.2, -0.15) is 0 Å². The SMILES string of the molecule is O=C(O)NCCOCCOCCOCCN1C(=O)C=CC1=O. The average molecular weight is 316 g/mol. The second kappa shape index (κ2) is 10.7. The Labute approximate surface area is 127 Å². The maximum atomic E-state index is 11.2. The Morgan fingerprint density at radius 2 is 1.45 bits per heavy atom. The first kappa shape index (κ1) is 18.1. The molecular formula is C13H20N2O7. The van der Waals surface area contributed by atoms with E-state index in [0.717, 1.165) is 4.90 Å². The molecule has 3 amide bonds. The van der Waals surface area contributed by atoms with Gasteiger partial charge < -0.3 is 24.6 Å². The van der Waals surface area contributed by atoms with Gasteiger partial charge in [0, 0.05) is 18.7 Å². The van der Waals surface area contributed by atoms with Gasteiger partial charge in [0.25, 0.3) is 11.8 Å². The van der Waals surface area contributed by atoms with Gasteiger partial charge in [0.1, 0.15) is 0 Å². The summed E-state index contributed by atoms with van der Waals surface area (Å²) in [7, 11) is 0. The van der Waals surface area contributed by atoms with Gasteiger partial charge in [0.2, 0.25) is 0 Å². The molecule has 22 heavy (non-hydrogen) atoms. The van der Waals surface area contributed by atoms with Crippen molar-refractivity contribution in [1.29, 1.82) is 0 Å². The van der Waals surface area contributed by atoms with Crippen LogP contribution in [0.5, 0.6) is 0 Å². The Balaban J connectivity index is 1.81. The molecular weight excluding hydrogens is 296 g/mol. The lowest BCUT2D eigenvalue weighted by Crippen LogP contribution is -2.33. The molecule has 9 heteroatoms. The van der Waals surface area contributed by atoms with Gasteiger partial charge in [0.05, 0.1) is 46.2 Å². The molecule has 0 aromatic heterocycles. The van der Waals surface area contributed by atoms with Crippen LogP contribution in [-0.2, 0) is 23.8 Å². The zero-order valence-corrected chi connectivity index (χ0v) is 12.2. The molecule has 0 aromatic carbocycles. The van der Waals surface area contributed by atoms with Crippen molar-refractivity contribution in [3.8, 4) is 0 Å². The normalized spacial score (nSPS) is 13.9. The van der Waals surface area contributed by atoms with Crippen LogP contribution in [0.1, 0.15) is 0 Å². The Morgan fingerprint density at radius 1 is 0.955 bits per heavy atom. The molecule has 1 rings (SSSR count). The first-order chi connectivity index (χ1) is 10.6. The molecule has 0 aromatic rings. The van der Waals surface area contributed by atoms with Gasteiger partial charge in [-0.05, 0) is 0 Å². The fourth-order valence-electron chi connectivity index (χ4n) is 1.58. The Kier molecular flexibility index (Phi) is 8.80. The maximum Gasteiger partial charge on any atom is 0.404 e. The summed E-state index contributed by atoms with van der Waals surface area (Å²) < 4.78 is 15.6. The third kappa shape index (κ3) is 7.72. The number of imide groups is 1. The number of nitrogens with one attached hydrogen (secondary N) is 1. The molecule has 9 nitrogen and oxygen atoms in total. The van der Waals surface area contributed by atoms with Crippen LogP contribution in [0.3, 0.4) is 0 Å². The number of rotatable bonds is 12. The van der Waals surface area contributed by atoms with E-state index in [-0.39, 0.29) is 38.1 Å². The first-order valence-corrected chi connectivity index (χ1v) is 6.85. The van der Waals surface area contributed by atoms with E-state index in [9.17, 15) is 14.4 Å². The molecule has 1 aliphatic heterocycles. The van der Waals surface area contributed by atoms with Crippen molar-refractivity contribution in [2.45, 2.75) is 0 Å². The van der Waals surface area contributed by atoms with E-state index < -0.39 is 6.09 Å². The zero-order chi connectivity index (χ0) is 16.2. The first-order valence-electron chi connectivity index (χ1n) is 6.85. The largest absolute Gasteiger partial charge is 0.465 e. The highest BCUT2D eigenvalue weighted by molar-refractivity contribution is 6.12. The number of hydrogen-bond donors (Lipinski definition) is 2. The number of ether oxygens (including phenoxy) is 3. The van der Waals surface area contributed by atoms with E-state index in [2.05, 4.69) is 5.32 Å². The van der Waals surface area contributed by atoms with Crippen molar-refractivity contribution in [2.75, 3.05) is 52.7 Å². The van der Waals surface area contributed by atoms with E-state index in [1.165, 1.54) is 12.2 Å². The molecule has 0 bridgehead atoms. The molecule has 0 aliphatic carbocycles. The van der Waals surface area contributed by atoms with Crippen molar-refractivity contribution in [1.82, 2.24) is 10.2 Å². The summed E-state index contributed by atoms with van der Waals surface area (Å²) in [6.07, 6.45) is 1.39. The molecule has 2 N–H and O–H groups in total. The molecule has 0 fully saturated rings. The van der Waals surface area contributed by atoms with Crippen molar-refractivity contribution in [3.63, 3.8) is 0 Å². The van der Waals surface area contributed by atoms with E-state index in [0.29, 0.717) is 26.4 Å². The predicted octanol–water partition coefficient (Wildman–Crippen LogP) is -0.771. The summed E-state index contributed by atoms with van der Waals surface area (Å²) in [6.45, 7) is 2.48. The van der Waals surface area contributed by atoms with Gasteiger partial charge in [0.15, 0.2) is 0 Å². The smallest absolute Gasteiger partial charge is 0.404 e. The monoisotopic (exact) mass is 316 g/mol. The molecule has 0 unspecified atom stereocenters. The van der Waals surface area contributed by atoms with E-state index in [1.54, 1.807) is 0 Å². The maximum absolute atomic E-state index is 11.2. The van der Waals surface area contributed by atoms with Crippen LogP contribution in [0.2, 0.25) is 0 Å². The number of nitrogens with zero attached hydrogens (tertiary/aromatic N) is 1. The molecule has 0 spiro atoms. The van der Waals surface area contributed by atoms with E-state index in [4.69, 9.17) is 19.3 Å². The van der Waals surface area contributed by atoms with Crippen LogP contribution in [0.25, 0.3) is 0 Å². The van der Waals surface area contributed by atoms with Crippen molar-refractivity contribution in [2.24, 2.45) is 0 Å². The number of carbonyl (C=O) groups excluding carboxylic acids is 2. The van der Waals surface area contributed by atoms with Crippen LogP contribution in [0, 0.1) is 0 Å². The minimum atomic E-state index is -1.08. The number of carbonyl (C=O) groups is 3. The number of hydrogen-bond acceptors (Lipinski definition) is 6. The lowest BCUT2D eigenvalue weighted by Gasteiger charge is -2.13. The fourth-order valence-corrected chi connectivity index (χ4v) is 1.58. The predicted molar refractivity (Wildman–Crippen MR) is 74.3 cm³/mol. The Hall–Kier alpha value is -1.97. The van der Waals surface area contributed by atoms with Gasteiger partial charge in [-0.1, -0.05) is 0 Å². The number of carboxylic acid groups (broad SMARTS) is 1. The third-order valence-electron chi connectivity index (χ3n) is 2.63. The standard InChI is InChI=1S/C13H20N2O7/c16-11-1-2-12(17)15(11)4-6-21-8-10-22-9-7-20-5-3-14-13(18)19/h1-2,14H,3-10H2,(H,18,19). The average Bonchev–Trinajstić information content (AvgIpc) is 2.79. The quantitative estimate of drug-likeness (QED) is 0.359. The van der Waals surface area contributed by atoms with E-state index in [1.807, 2.05) is 0 Å². The van der Waals surface area contributed by atoms with Crippen molar-refractivity contribution < 1.29 is 33.7 Å². The lowest BCUT2D eigenvalue weighted by molar-refractivity contribution is -0.137. The van der Waals surface area contributed by atoms with Gasteiger partial charge in [-0.25, -0.2) is 4.79 Å². The molecule has 124 valence electrons. The van der Waals surface area contributed by atoms with Crippen LogP contribution in [0.4, 0.5) is 4.79 Å². The van der Waals surface area contributed by atoms with Gasteiger partial charge in [-0.15, -0.1) is 0 Å². The molecule has 1 aliphatic rings. The highest BCUT2D eigenvalue weighted by Crippen LogP contribution is 2.02. The second-order valence-corrected chi connectivity index (χ2v) is 4.23. The zero-order valence-electron chi connectivity index (χ0n) is 12.2. The van der Waals surface area contributed by atoms with Crippen LogP contribution in [0.15, 0.2) is 12.2 Å². The van der Waals surface area contributed by atoms with Crippen LogP contribution in [-0.4, -0.2) is 80.6 Å². The summed E-state index contributed by atoms with van der Waals surface area (Å²) in [5.74, 6) is -0.640. The molecule has 0 radical (unpaired) electrons. The van der Waals surface area contributed by atoms with Crippen molar-refractivity contribution >= 4 is 17.9 Å². The summed E-state index contributed by atoms with van der Waals surface area (Å²) in [6, 6.07) is 0. The van der Waals surface area contributed by atoms with Crippen LogP contribution < -0.4 is 5.32 Å². The highest BCUT2D eigenvalue weighted by Gasteiger charge is 2.22. The Morgan fingerprint density at radius 3 is 2.00 bits per heavy atom. The van der Waals surface area contributed by atoms with Crippen molar-refractivity contribution in [3.05, 3.63) is 12.2 Å². The summed E-state index contributed by atoms with van der Waals surface area (Å²) in [4.78, 5) is 33.7. The third-order valence-corrected chi connectivity index (χ3v) is 2.63. The highest BCUT2D eigenvalue weighted by atomic mass is 16.5. The minimum Gasteiger partial charge on any atom is -0.465 e. The topological polar surface area (TPSA) is 114 Å². The molecule has 0 saturated carbocycles. The summed E-state index contributed by atoms with van der Waals surface area (Å²) in [5.41, 5.74) is 0. The summed E-state index contributed by atoms with van der Waals surface area (Å²) in [5, 5.41) is 10.5. The second-order valence-electron chi connectivity index (χ2n) is 4.23. The Bertz CT molecular complexity index is 393. The lowest BCUT2D eigenvalue weighted by atomic mass is 10.5. The molecule has 0 atom stereocenters. The molecule has 1 heterocycles. The summed E-state index contributed by atoms with van der Waals surface area (Å²) >= 11 is 0.